The van der Waals surface area contributed by atoms with Crippen LogP contribution in [0.2, 0.25) is 0 Å². The molecule has 35 heavy (non-hydrogen) atoms. The van der Waals surface area contributed by atoms with Crippen LogP contribution in [0, 0.1) is 0 Å². The van der Waals surface area contributed by atoms with Gasteiger partial charge in [0.15, 0.2) is 17.4 Å². The lowest BCUT2D eigenvalue weighted by molar-refractivity contribution is -0.150. The molecule has 7 atom stereocenters. The van der Waals surface area contributed by atoms with Crippen molar-refractivity contribution in [1.29, 1.82) is 0 Å². The number of unbranched alkanes of at least 4 members (excludes halogenated alkanes) is 1. The standard InChI is InChI=1S/C20H27N7O7S/c21-19-25-16-13(17(31)26-19)22-7-27(16)18-15(30)14(29)9(34-18)5-33-11(28)4-2-1-3-10-12-8(6-35-10)23-20(32)24-12/h7-10,12,14-15,18,29-30H,1-6H2,(H2,23,24,32)(H3,21,25,26,31)/t8-,9+,10-,12-,14+,15+,18+/m0/s1. The Morgan fingerprint density at radius 1 is 1.29 bits per heavy atom. The lowest BCUT2D eigenvalue weighted by Gasteiger charge is -2.17. The molecule has 14 nitrogen and oxygen atoms in total. The summed E-state index contributed by atoms with van der Waals surface area (Å²) in [5, 5.41) is 27.1. The summed E-state index contributed by atoms with van der Waals surface area (Å²) in [6, 6.07) is 0.193. The van der Waals surface area contributed by atoms with Gasteiger partial charge in [-0.3, -0.25) is 19.1 Å². The van der Waals surface area contributed by atoms with Gasteiger partial charge in [-0.05, 0) is 12.8 Å². The van der Waals surface area contributed by atoms with Gasteiger partial charge in [-0.2, -0.15) is 16.7 Å². The zero-order valence-corrected chi connectivity index (χ0v) is 19.4. The van der Waals surface area contributed by atoms with Crippen molar-refractivity contribution in [3.8, 4) is 0 Å². The number of esters is 1. The number of nitrogens with zero attached hydrogens (tertiary/aromatic N) is 3. The van der Waals surface area contributed by atoms with Crippen LogP contribution >= 0.6 is 11.8 Å². The van der Waals surface area contributed by atoms with Crippen LogP contribution in [0.4, 0.5) is 10.7 Å². The van der Waals surface area contributed by atoms with Gasteiger partial charge >= 0.3 is 12.0 Å². The Labute approximate surface area is 203 Å². The molecule has 3 fully saturated rings. The number of aliphatic hydroxyl groups is 2. The summed E-state index contributed by atoms with van der Waals surface area (Å²) >= 11 is 1.83. The predicted octanol–water partition coefficient (Wildman–Crippen LogP) is -1.41. The topological polar surface area (TPSA) is 207 Å². The van der Waals surface area contributed by atoms with Crippen LogP contribution in [0.3, 0.4) is 0 Å². The minimum Gasteiger partial charge on any atom is -0.463 e. The first-order valence-corrected chi connectivity index (χ1v) is 12.4. The van der Waals surface area contributed by atoms with Gasteiger partial charge in [0.05, 0.1) is 18.4 Å². The summed E-state index contributed by atoms with van der Waals surface area (Å²) in [6.07, 6.45) is -0.938. The minimum atomic E-state index is -1.36. The maximum atomic E-state index is 12.2. The number of fused-ring (bicyclic) bond motifs is 2. The number of amides is 2. The molecule has 0 radical (unpaired) electrons. The number of carbonyl (C=O) groups excluding carboxylic acids is 2. The molecule has 3 aliphatic heterocycles. The van der Waals surface area contributed by atoms with E-state index in [0.717, 1.165) is 18.6 Å². The Bertz CT molecular complexity index is 1170. The van der Waals surface area contributed by atoms with Gasteiger partial charge in [0.25, 0.3) is 5.56 Å². The Morgan fingerprint density at radius 2 is 2.11 bits per heavy atom. The smallest absolute Gasteiger partial charge is 0.315 e. The number of imidazole rings is 1. The molecule has 0 saturated carbocycles. The first kappa shape index (κ1) is 23.8. The highest BCUT2D eigenvalue weighted by Crippen LogP contribution is 2.33. The van der Waals surface area contributed by atoms with E-state index in [2.05, 4.69) is 25.6 Å². The maximum Gasteiger partial charge on any atom is 0.315 e. The number of nitrogens with one attached hydrogen (secondary N) is 3. The highest BCUT2D eigenvalue weighted by Gasteiger charge is 2.45. The van der Waals surface area contributed by atoms with Crippen LogP contribution in [-0.4, -0.2) is 89.7 Å². The Hall–Kier alpha value is -2.88. The van der Waals surface area contributed by atoms with Crippen molar-refractivity contribution < 1.29 is 29.3 Å². The summed E-state index contributed by atoms with van der Waals surface area (Å²) < 4.78 is 12.3. The fourth-order valence-corrected chi connectivity index (χ4v) is 6.27. The minimum absolute atomic E-state index is 0.0115. The van der Waals surface area contributed by atoms with E-state index in [1.807, 2.05) is 11.8 Å². The normalized spacial score (nSPS) is 31.9. The number of aromatic nitrogens is 4. The highest BCUT2D eigenvalue weighted by molar-refractivity contribution is 8.00. The van der Waals surface area contributed by atoms with Gasteiger partial charge in [0.2, 0.25) is 5.95 Å². The number of urea groups is 1. The van der Waals surface area contributed by atoms with Gasteiger partial charge in [-0.15, -0.1) is 0 Å². The van der Waals surface area contributed by atoms with E-state index in [9.17, 15) is 24.6 Å². The number of nitrogens with two attached hydrogens (primary N) is 1. The van der Waals surface area contributed by atoms with Crippen LogP contribution in [0.1, 0.15) is 31.9 Å². The Kier molecular flexibility index (Phi) is 6.57. The van der Waals surface area contributed by atoms with Crippen molar-refractivity contribution in [2.75, 3.05) is 18.1 Å². The van der Waals surface area contributed by atoms with Gasteiger partial charge in [0, 0.05) is 17.4 Å². The second-order valence-electron chi connectivity index (χ2n) is 8.87. The number of carbonyl (C=O) groups is 2. The molecule has 2 aromatic heterocycles. The Morgan fingerprint density at radius 3 is 2.94 bits per heavy atom. The van der Waals surface area contributed by atoms with E-state index >= 15 is 0 Å². The SMILES string of the molecule is Nc1nc2c(ncn2[C@@H]2O[C@H](COC(=O)CCCC[C@@H]3SC[C@@H]4NC(=O)N[C@@H]43)[C@@H](O)[C@H]2O)c(=O)[nH]1. The summed E-state index contributed by atoms with van der Waals surface area (Å²) in [5.74, 6) is 0.334. The van der Waals surface area contributed by atoms with Crippen molar-refractivity contribution in [3.63, 3.8) is 0 Å². The van der Waals surface area contributed by atoms with Crippen molar-refractivity contribution >= 4 is 40.9 Å². The summed E-state index contributed by atoms with van der Waals surface area (Å²) in [4.78, 5) is 46.0. The molecule has 3 aliphatic rings. The number of rotatable bonds is 8. The molecule has 15 heteroatoms. The van der Waals surface area contributed by atoms with Gasteiger partial charge < -0.3 is 36.1 Å². The van der Waals surface area contributed by atoms with Crippen LogP contribution < -0.4 is 21.9 Å². The van der Waals surface area contributed by atoms with Crippen molar-refractivity contribution in [1.82, 2.24) is 30.2 Å². The first-order chi connectivity index (χ1) is 16.8. The summed E-state index contributed by atoms with van der Waals surface area (Å²) in [6.45, 7) is -0.240. The summed E-state index contributed by atoms with van der Waals surface area (Å²) in [5.41, 5.74) is 5.16. The fraction of sp³-hybridized carbons (Fsp3) is 0.650. The molecule has 0 aromatic carbocycles. The monoisotopic (exact) mass is 509 g/mol. The van der Waals surface area contributed by atoms with E-state index in [4.69, 9.17) is 15.2 Å². The Balaban J connectivity index is 1.09. The number of thioether (sulfide) groups is 1. The van der Waals surface area contributed by atoms with Crippen LogP contribution in [-0.2, 0) is 14.3 Å². The van der Waals surface area contributed by atoms with Gasteiger partial charge in [0.1, 0.15) is 24.9 Å². The number of anilines is 1. The molecule has 7 N–H and O–H groups in total. The number of ether oxygens (including phenoxy) is 2. The van der Waals surface area contributed by atoms with Crippen LogP contribution in [0.25, 0.3) is 11.2 Å². The quantitative estimate of drug-likeness (QED) is 0.138. The third kappa shape index (κ3) is 4.68. The van der Waals surface area contributed by atoms with Gasteiger partial charge in [-0.25, -0.2) is 9.78 Å². The zero-order chi connectivity index (χ0) is 24.7. The number of aromatic amines is 1. The van der Waals surface area contributed by atoms with E-state index in [0.29, 0.717) is 11.7 Å². The fourth-order valence-electron chi connectivity index (χ4n) is 4.73. The number of nitrogen functional groups attached to an aromatic ring is 1. The van der Waals surface area contributed by atoms with E-state index in [1.165, 1.54) is 10.9 Å². The molecule has 3 saturated heterocycles. The molecule has 5 rings (SSSR count). The van der Waals surface area contributed by atoms with E-state index in [-0.39, 0.29) is 48.3 Å². The van der Waals surface area contributed by atoms with Crippen molar-refractivity contribution in [2.24, 2.45) is 0 Å². The molecule has 0 unspecified atom stereocenters. The molecule has 5 heterocycles. The zero-order valence-electron chi connectivity index (χ0n) is 18.6. The second-order valence-corrected chi connectivity index (χ2v) is 10.1. The van der Waals surface area contributed by atoms with Crippen molar-refractivity contribution in [3.05, 3.63) is 16.7 Å². The van der Waals surface area contributed by atoms with Gasteiger partial charge in [-0.1, -0.05) is 6.42 Å². The lowest BCUT2D eigenvalue weighted by Crippen LogP contribution is -2.36. The largest absolute Gasteiger partial charge is 0.463 e. The number of aliphatic hydroxyl groups excluding tert-OH is 2. The molecule has 0 spiro atoms. The van der Waals surface area contributed by atoms with Crippen LogP contribution in [0.15, 0.2) is 11.1 Å². The maximum absolute atomic E-state index is 12.2. The first-order valence-electron chi connectivity index (χ1n) is 11.4. The average molecular weight is 510 g/mol. The van der Waals surface area contributed by atoms with E-state index in [1.54, 1.807) is 0 Å². The molecular formula is C20H27N7O7S. The molecule has 0 bridgehead atoms. The average Bonchev–Trinajstić information content (AvgIpc) is 3.55. The molecule has 2 amide bonds. The third-order valence-corrected chi connectivity index (χ3v) is 8.04. The van der Waals surface area contributed by atoms with Crippen molar-refractivity contribution in [2.45, 2.75) is 67.6 Å². The van der Waals surface area contributed by atoms with Crippen LogP contribution in [0.5, 0.6) is 0 Å². The second kappa shape index (κ2) is 9.64. The van der Waals surface area contributed by atoms with E-state index < -0.39 is 36.1 Å². The third-order valence-electron chi connectivity index (χ3n) is 6.53. The number of H-pyrrole nitrogens is 1. The summed E-state index contributed by atoms with van der Waals surface area (Å²) in [7, 11) is 0. The molecule has 190 valence electrons. The number of hydrogen-bond acceptors (Lipinski definition) is 11. The number of hydrogen-bond donors (Lipinski definition) is 6. The lowest BCUT2D eigenvalue weighted by atomic mass is 10.0. The molecule has 0 aliphatic carbocycles. The predicted molar refractivity (Wildman–Crippen MR) is 123 cm³/mol. The molecule has 2 aromatic rings. The highest BCUT2D eigenvalue weighted by atomic mass is 32.2. The molecular weight excluding hydrogens is 482 g/mol.